The van der Waals surface area contributed by atoms with Crippen LogP contribution in [0.5, 0.6) is 0 Å². The normalized spacial score (nSPS) is 16.9. The third kappa shape index (κ3) is 3.24. The van der Waals surface area contributed by atoms with E-state index in [1.807, 2.05) is 30.3 Å². The molecule has 0 aliphatic carbocycles. The lowest BCUT2D eigenvalue weighted by Gasteiger charge is -2.32. The number of fused-ring (bicyclic) bond motifs is 1. The molecule has 0 spiro atoms. The first kappa shape index (κ1) is 15.2. The van der Waals surface area contributed by atoms with Crippen LogP contribution >= 0.6 is 0 Å². The van der Waals surface area contributed by atoms with Gasteiger partial charge in [-0.2, -0.15) is 0 Å². The topological polar surface area (TPSA) is 95.5 Å². The van der Waals surface area contributed by atoms with E-state index in [1.165, 1.54) is 11.2 Å². The molecule has 0 radical (unpaired) electrons. The van der Waals surface area contributed by atoms with Crippen molar-refractivity contribution in [2.24, 2.45) is 0 Å². The number of aromatic nitrogens is 2. The smallest absolute Gasteiger partial charge is 0.332 e. The lowest BCUT2D eigenvalue weighted by Crippen LogP contribution is -2.45. The monoisotopic (exact) mass is 315 g/mol. The number of carboxylic acids is 1. The van der Waals surface area contributed by atoms with Crippen molar-refractivity contribution in [1.82, 2.24) is 14.9 Å². The number of ether oxygens (including phenoxy) is 1. The van der Waals surface area contributed by atoms with Gasteiger partial charge in [0.1, 0.15) is 6.61 Å². The van der Waals surface area contributed by atoms with Gasteiger partial charge in [0, 0.05) is 18.7 Å². The van der Waals surface area contributed by atoms with Crippen LogP contribution in [0.3, 0.4) is 0 Å². The number of benzene rings is 1. The highest BCUT2D eigenvalue weighted by molar-refractivity contribution is 5.85. The number of amides is 1. The van der Waals surface area contributed by atoms with Crippen molar-refractivity contribution >= 4 is 11.9 Å². The van der Waals surface area contributed by atoms with Crippen LogP contribution in [-0.2, 0) is 27.4 Å². The summed E-state index contributed by atoms with van der Waals surface area (Å²) in [4.78, 5) is 32.2. The summed E-state index contributed by atoms with van der Waals surface area (Å²) >= 11 is 0. The summed E-state index contributed by atoms with van der Waals surface area (Å²) in [7, 11) is 0. The maximum Gasteiger partial charge on any atom is 0.332 e. The van der Waals surface area contributed by atoms with E-state index >= 15 is 0 Å². The molecule has 2 heterocycles. The zero-order valence-corrected chi connectivity index (χ0v) is 12.4. The standard InChI is InChI=1S/C16H17N3O4/c20-13(9-23-8-11-4-2-1-3-5-11)19-7-6-12-14(18-10-17-12)15(19)16(21)22/h1-5,10,15H,6-9H2,(H,17,18)(H,21,22). The van der Waals surface area contributed by atoms with Crippen molar-refractivity contribution in [3.05, 3.63) is 53.6 Å². The van der Waals surface area contributed by atoms with Gasteiger partial charge in [0.05, 0.1) is 18.6 Å². The van der Waals surface area contributed by atoms with Crippen LogP contribution in [0.4, 0.5) is 0 Å². The molecule has 1 amide bonds. The minimum absolute atomic E-state index is 0.154. The molecule has 0 saturated heterocycles. The molecule has 0 bridgehead atoms. The van der Waals surface area contributed by atoms with E-state index in [0.29, 0.717) is 25.3 Å². The van der Waals surface area contributed by atoms with Gasteiger partial charge in [0.15, 0.2) is 6.04 Å². The Morgan fingerprint density at radius 1 is 1.35 bits per heavy atom. The number of hydrogen-bond donors (Lipinski definition) is 2. The number of aromatic amines is 1. The van der Waals surface area contributed by atoms with E-state index in [-0.39, 0.29) is 12.5 Å². The highest BCUT2D eigenvalue weighted by Crippen LogP contribution is 2.27. The van der Waals surface area contributed by atoms with Crippen molar-refractivity contribution in [2.45, 2.75) is 19.1 Å². The lowest BCUT2D eigenvalue weighted by molar-refractivity contribution is -0.153. The number of carbonyl (C=O) groups excluding carboxylic acids is 1. The van der Waals surface area contributed by atoms with E-state index in [0.717, 1.165) is 11.3 Å². The maximum atomic E-state index is 12.3. The number of nitrogens with zero attached hydrogens (tertiary/aromatic N) is 2. The molecular weight excluding hydrogens is 298 g/mol. The van der Waals surface area contributed by atoms with Gasteiger partial charge in [-0.05, 0) is 5.56 Å². The molecular formula is C16H17N3O4. The van der Waals surface area contributed by atoms with Gasteiger partial charge in [-0.1, -0.05) is 30.3 Å². The number of carbonyl (C=O) groups is 2. The number of rotatable bonds is 5. The van der Waals surface area contributed by atoms with Gasteiger partial charge in [0.2, 0.25) is 5.91 Å². The molecule has 1 aliphatic rings. The molecule has 1 unspecified atom stereocenters. The molecule has 23 heavy (non-hydrogen) atoms. The molecule has 2 N–H and O–H groups in total. The fraction of sp³-hybridized carbons (Fsp3) is 0.312. The molecule has 1 aromatic heterocycles. The number of nitrogens with one attached hydrogen (secondary N) is 1. The predicted molar refractivity (Wildman–Crippen MR) is 80.5 cm³/mol. The zero-order chi connectivity index (χ0) is 16.2. The highest BCUT2D eigenvalue weighted by Gasteiger charge is 2.37. The fourth-order valence-electron chi connectivity index (χ4n) is 2.71. The number of carboxylic acid groups (broad SMARTS) is 1. The molecule has 0 fully saturated rings. The summed E-state index contributed by atoms with van der Waals surface area (Å²) in [5.74, 6) is -1.43. The lowest BCUT2D eigenvalue weighted by atomic mass is 10.0. The Morgan fingerprint density at radius 2 is 2.13 bits per heavy atom. The Morgan fingerprint density at radius 3 is 2.87 bits per heavy atom. The van der Waals surface area contributed by atoms with E-state index in [1.54, 1.807) is 0 Å². The van der Waals surface area contributed by atoms with E-state index in [9.17, 15) is 14.7 Å². The molecule has 120 valence electrons. The quantitative estimate of drug-likeness (QED) is 0.862. The predicted octanol–water partition coefficient (Wildman–Crippen LogP) is 1.14. The molecule has 0 saturated carbocycles. The van der Waals surface area contributed by atoms with Gasteiger partial charge in [-0.3, -0.25) is 4.79 Å². The van der Waals surface area contributed by atoms with Crippen LogP contribution in [0.2, 0.25) is 0 Å². The number of hydrogen-bond acceptors (Lipinski definition) is 4. The molecule has 7 nitrogen and oxygen atoms in total. The van der Waals surface area contributed by atoms with Gasteiger partial charge >= 0.3 is 5.97 Å². The Balaban J connectivity index is 1.63. The third-order valence-electron chi connectivity index (χ3n) is 3.82. The van der Waals surface area contributed by atoms with Gasteiger partial charge in [-0.25, -0.2) is 9.78 Å². The van der Waals surface area contributed by atoms with Crippen LogP contribution in [0.15, 0.2) is 36.7 Å². The summed E-state index contributed by atoms with van der Waals surface area (Å²) in [5, 5.41) is 9.44. The first-order chi connectivity index (χ1) is 11.2. The fourth-order valence-corrected chi connectivity index (χ4v) is 2.71. The molecule has 1 atom stereocenters. The number of imidazole rings is 1. The van der Waals surface area contributed by atoms with E-state index < -0.39 is 12.0 Å². The average Bonchev–Trinajstić information content (AvgIpc) is 3.03. The Hall–Kier alpha value is -2.67. The Labute approximate surface area is 132 Å². The summed E-state index contributed by atoms with van der Waals surface area (Å²) in [6.07, 6.45) is 2.02. The largest absolute Gasteiger partial charge is 0.479 e. The molecule has 3 rings (SSSR count). The van der Waals surface area contributed by atoms with Crippen molar-refractivity contribution in [3.63, 3.8) is 0 Å². The summed E-state index contributed by atoms with van der Waals surface area (Å²) < 4.78 is 5.42. The average molecular weight is 315 g/mol. The molecule has 2 aromatic rings. The Bertz CT molecular complexity index is 698. The van der Waals surface area contributed by atoms with Crippen LogP contribution in [0.1, 0.15) is 23.0 Å². The van der Waals surface area contributed by atoms with Crippen LogP contribution < -0.4 is 0 Å². The second-order valence-corrected chi connectivity index (χ2v) is 5.32. The van der Waals surface area contributed by atoms with Crippen molar-refractivity contribution in [3.8, 4) is 0 Å². The first-order valence-electron chi connectivity index (χ1n) is 7.33. The van der Waals surface area contributed by atoms with Crippen molar-refractivity contribution in [1.29, 1.82) is 0 Å². The second-order valence-electron chi connectivity index (χ2n) is 5.32. The second kappa shape index (κ2) is 6.62. The van der Waals surface area contributed by atoms with Crippen molar-refractivity contribution in [2.75, 3.05) is 13.2 Å². The SMILES string of the molecule is O=C(O)C1c2nc[nH]c2CCN1C(=O)COCc1ccccc1. The minimum atomic E-state index is -1.09. The summed E-state index contributed by atoms with van der Waals surface area (Å²) in [6.45, 7) is 0.490. The zero-order valence-electron chi connectivity index (χ0n) is 12.4. The molecule has 7 heteroatoms. The maximum absolute atomic E-state index is 12.3. The van der Waals surface area contributed by atoms with E-state index in [4.69, 9.17) is 4.74 Å². The van der Waals surface area contributed by atoms with Gasteiger partial charge in [-0.15, -0.1) is 0 Å². The molecule has 1 aromatic carbocycles. The number of aliphatic carboxylic acids is 1. The first-order valence-corrected chi connectivity index (χ1v) is 7.33. The van der Waals surface area contributed by atoms with Gasteiger partial charge in [0.25, 0.3) is 0 Å². The minimum Gasteiger partial charge on any atom is -0.479 e. The Kier molecular flexibility index (Phi) is 4.38. The summed E-state index contributed by atoms with van der Waals surface area (Å²) in [6, 6.07) is 8.44. The third-order valence-corrected chi connectivity index (χ3v) is 3.82. The van der Waals surface area contributed by atoms with Crippen LogP contribution in [-0.4, -0.2) is 45.0 Å². The van der Waals surface area contributed by atoms with Gasteiger partial charge < -0.3 is 19.7 Å². The highest BCUT2D eigenvalue weighted by atomic mass is 16.5. The molecule has 1 aliphatic heterocycles. The van der Waals surface area contributed by atoms with E-state index in [2.05, 4.69) is 9.97 Å². The van der Waals surface area contributed by atoms with Crippen molar-refractivity contribution < 1.29 is 19.4 Å². The van der Waals surface area contributed by atoms with Crippen LogP contribution in [0.25, 0.3) is 0 Å². The number of H-pyrrole nitrogens is 1. The van der Waals surface area contributed by atoms with Crippen LogP contribution in [0, 0.1) is 0 Å². The summed E-state index contributed by atoms with van der Waals surface area (Å²) in [5.41, 5.74) is 2.13.